The fourth-order valence-electron chi connectivity index (χ4n) is 0.789. The third-order valence-corrected chi connectivity index (χ3v) is 2.57. The molecule has 4 nitrogen and oxygen atoms in total. The van der Waals surface area contributed by atoms with E-state index in [0.29, 0.717) is 6.61 Å². The number of rotatable bonds is 7. The van der Waals surface area contributed by atoms with Gasteiger partial charge in [-0.1, -0.05) is 26.2 Å². The second-order valence-corrected chi connectivity index (χ2v) is 4.61. The fraction of sp³-hybridized carbons (Fsp3) is 1.00. The zero-order chi connectivity index (χ0) is 9.45. The van der Waals surface area contributed by atoms with Crippen molar-refractivity contribution >= 4 is 7.60 Å². The van der Waals surface area contributed by atoms with E-state index in [9.17, 15) is 4.57 Å². The Balaban J connectivity index is 3.25. The third kappa shape index (κ3) is 6.80. The van der Waals surface area contributed by atoms with Crippen LogP contribution in [0, 0.1) is 0 Å². The Hall–Kier alpha value is 0.110. The normalized spacial score (nSPS) is 15.9. The van der Waals surface area contributed by atoms with Crippen LogP contribution >= 0.6 is 7.60 Å². The van der Waals surface area contributed by atoms with Crippen LogP contribution in [0.25, 0.3) is 0 Å². The summed E-state index contributed by atoms with van der Waals surface area (Å²) in [5, 5.41) is 0. The van der Waals surface area contributed by atoms with Crippen molar-refractivity contribution < 1.29 is 14.0 Å². The van der Waals surface area contributed by atoms with Crippen LogP contribution in [0.4, 0.5) is 0 Å². The monoisotopic (exact) mass is 195 g/mol. The molecule has 0 amide bonds. The quantitative estimate of drug-likeness (QED) is 0.479. The first kappa shape index (κ1) is 12.1. The van der Waals surface area contributed by atoms with Gasteiger partial charge < -0.3 is 15.2 Å². The van der Waals surface area contributed by atoms with Crippen LogP contribution in [0.2, 0.25) is 0 Å². The van der Waals surface area contributed by atoms with E-state index in [1.54, 1.807) is 0 Å². The van der Waals surface area contributed by atoms with Gasteiger partial charge in [0, 0.05) is 0 Å². The van der Waals surface area contributed by atoms with E-state index in [-0.39, 0.29) is 6.29 Å². The third-order valence-electron chi connectivity index (χ3n) is 1.52. The van der Waals surface area contributed by atoms with Crippen molar-refractivity contribution in [1.82, 2.24) is 0 Å². The molecule has 3 N–H and O–H groups in total. The highest BCUT2D eigenvalue weighted by molar-refractivity contribution is 7.52. The molecule has 0 spiro atoms. The minimum Gasteiger partial charge on any atom is -0.323 e. The maximum absolute atomic E-state index is 10.8. The average Bonchev–Trinajstić information content (AvgIpc) is 2.04. The summed E-state index contributed by atoms with van der Waals surface area (Å²) in [7, 11) is -3.44. The first-order valence-corrected chi connectivity index (χ1v) is 6.05. The van der Waals surface area contributed by atoms with E-state index in [1.807, 2.05) is 0 Å². The smallest absolute Gasteiger partial charge is 0.323 e. The molecule has 0 heterocycles. The van der Waals surface area contributed by atoms with Gasteiger partial charge in [0.1, 0.15) is 0 Å². The van der Waals surface area contributed by atoms with Crippen molar-refractivity contribution in [2.75, 3.05) is 12.9 Å². The number of hydrogen-bond acceptors (Lipinski definition) is 3. The van der Waals surface area contributed by atoms with E-state index < -0.39 is 7.60 Å². The van der Waals surface area contributed by atoms with Gasteiger partial charge in [-0.25, -0.2) is 0 Å². The van der Waals surface area contributed by atoms with Crippen LogP contribution in [-0.4, -0.2) is 17.8 Å². The molecule has 0 rings (SSSR count). The van der Waals surface area contributed by atoms with Crippen LogP contribution in [0.1, 0.15) is 32.6 Å². The van der Waals surface area contributed by atoms with E-state index in [1.165, 1.54) is 0 Å². The fourth-order valence-corrected chi connectivity index (χ4v) is 1.31. The van der Waals surface area contributed by atoms with Crippen molar-refractivity contribution in [3.05, 3.63) is 0 Å². The van der Waals surface area contributed by atoms with Crippen LogP contribution in [0.3, 0.4) is 0 Å². The number of unbranched alkanes of at least 4 members (excludes halogenated alkanes) is 3. The molecule has 0 bridgehead atoms. The molecular weight excluding hydrogens is 177 g/mol. The van der Waals surface area contributed by atoms with Crippen LogP contribution < -0.4 is 5.73 Å². The summed E-state index contributed by atoms with van der Waals surface area (Å²) >= 11 is 0. The first-order chi connectivity index (χ1) is 5.62. The molecule has 74 valence electrons. The van der Waals surface area contributed by atoms with Crippen LogP contribution in [0.15, 0.2) is 0 Å². The Bertz CT molecular complexity index is 152. The van der Waals surface area contributed by atoms with Gasteiger partial charge in [0.15, 0.2) is 0 Å². The largest absolute Gasteiger partial charge is 0.341 e. The zero-order valence-corrected chi connectivity index (χ0v) is 8.43. The Kier molecular flexibility index (Phi) is 6.67. The van der Waals surface area contributed by atoms with Gasteiger partial charge in [0.05, 0.1) is 12.9 Å². The molecule has 1 atom stereocenters. The molecule has 0 aliphatic heterocycles. The van der Waals surface area contributed by atoms with Gasteiger partial charge in [-0.05, 0) is 6.42 Å². The molecule has 1 unspecified atom stereocenters. The molecular formula is C7H18NO3P. The van der Waals surface area contributed by atoms with E-state index in [4.69, 9.17) is 15.2 Å². The summed E-state index contributed by atoms with van der Waals surface area (Å²) in [5.41, 5.74) is 5.01. The van der Waals surface area contributed by atoms with Gasteiger partial charge in [-0.2, -0.15) is 0 Å². The lowest BCUT2D eigenvalue weighted by atomic mass is 10.2. The molecule has 12 heavy (non-hydrogen) atoms. The van der Waals surface area contributed by atoms with E-state index >= 15 is 0 Å². The van der Waals surface area contributed by atoms with Gasteiger partial charge in [0.2, 0.25) is 0 Å². The highest BCUT2D eigenvalue weighted by atomic mass is 31.2. The molecule has 0 radical (unpaired) electrons. The molecule has 0 fully saturated rings. The van der Waals surface area contributed by atoms with Gasteiger partial charge in [-0.3, -0.25) is 4.57 Å². The Morgan fingerprint density at radius 3 is 2.58 bits per heavy atom. The molecule has 0 aliphatic carbocycles. The first-order valence-electron chi connectivity index (χ1n) is 4.29. The highest BCUT2D eigenvalue weighted by Crippen LogP contribution is 2.39. The van der Waals surface area contributed by atoms with E-state index in [0.717, 1.165) is 25.7 Å². The maximum Gasteiger partial charge on any atom is 0.341 e. The molecule has 0 aromatic rings. The molecule has 0 aromatic carbocycles. The molecule has 0 aliphatic rings. The lowest BCUT2D eigenvalue weighted by Crippen LogP contribution is -2.04. The lowest BCUT2D eigenvalue weighted by Gasteiger charge is -2.08. The number of hydrogen-bond donors (Lipinski definition) is 2. The summed E-state index contributed by atoms with van der Waals surface area (Å²) in [5.74, 6) is 0. The second kappa shape index (κ2) is 6.61. The standard InChI is InChI=1S/C7H18NO3P/c1-2-3-4-5-6-11-12(9,10)7-8/h2-8H2,1H3,(H,9,10). The van der Waals surface area contributed by atoms with Crippen LogP contribution in [-0.2, 0) is 9.09 Å². The summed E-state index contributed by atoms with van der Waals surface area (Å²) in [6.07, 6.45) is 3.87. The Morgan fingerprint density at radius 2 is 2.08 bits per heavy atom. The van der Waals surface area contributed by atoms with Crippen molar-refractivity contribution in [2.24, 2.45) is 5.73 Å². The highest BCUT2D eigenvalue weighted by Gasteiger charge is 2.14. The zero-order valence-electron chi connectivity index (χ0n) is 7.53. The second-order valence-electron chi connectivity index (χ2n) is 2.71. The number of nitrogens with two attached hydrogens (primary N) is 1. The summed E-state index contributed by atoms with van der Waals surface area (Å²) in [6, 6.07) is 0. The van der Waals surface area contributed by atoms with Gasteiger partial charge in [0.25, 0.3) is 0 Å². The van der Waals surface area contributed by atoms with Gasteiger partial charge >= 0.3 is 7.60 Å². The summed E-state index contributed by atoms with van der Waals surface area (Å²) in [4.78, 5) is 8.89. The Morgan fingerprint density at radius 1 is 1.42 bits per heavy atom. The topological polar surface area (TPSA) is 72.5 Å². The maximum atomic E-state index is 10.8. The van der Waals surface area contributed by atoms with Gasteiger partial charge in [-0.15, -0.1) is 0 Å². The summed E-state index contributed by atoms with van der Waals surface area (Å²) < 4.78 is 15.5. The predicted octanol–water partition coefficient (Wildman–Crippen LogP) is 1.68. The molecule has 0 saturated heterocycles. The Labute approximate surface area is 73.6 Å². The molecule has 5 heteroatoms. The molecule has 0 aromatic heterocycles. The van der Waals surface area contributed by atoms with Crippen molar-refractivity contribution in [2.45, 2.75) is 32.6 Å². The van der Waals surface area contributed by atoms with Crippen LogP contribution in [0.5, 0.6) is 0 Å². The predicted molar refractivity (Wildman–Crippen MR) is 49.0 cm³/mol. The van der Waals surface area contributed by atoms with Crippen molar-refractivity contribution in [3.63, 3.8) is 0 Å². The SMILES string of the molecule is CCCCCCOP(=O)(O)CN. The van der Waals surface area contributed by atoms with Crippen molar-refractivity contribution in [3.8, 4) is 0 Å². The average molecular weight is 195 g/mol. The molecule has 0 saturated carbocycles. The lowest BCUT2D eigenvalue weighted by molar-refractivity contribution is 0.253. The minimum absolute atomic E-state index is 0.291. The van der Waals surface area contributed by atoms with E-state index in [2.05, 4.69) is 6.92 Å². The van der Waals surface area contributed by atoms with Crippen molar-refractivity contribution in [1.29, 1.82) is 0 Å². The minimum atomic E-state index is -3.44. The summed E-state index contributed by atoms with van der Waals surface area (Å²) in [6.45, 7) is 2.45.